The van der Waals surface area contributed by atoms with Crippen LogP contribution in [0.15, 0.2) is 64.4 Å². The number of aromatic nitrogens is 2. The highest BCUT2D eigenvalue weighted by atomic mass is 16.5. The van der Waals surface area contributed by atoms with E-state index in [1.54, 1.807) is 0 Å². The van der Waals surface area contributed by atoms with Crippen molar-refractivity contribution in [3.05, 3.63) is 76.2 Å². The summed E-state index contributed by atoms with van der Waals surface area (Å²) in [6.07, 6.45) is 0. The van der Waals surface area contributed by atoms with Gasteiger partial charge in [-0.15, -0.1) is 0 Å². The molecule has 0 spiro atoms. The minimum absolute atomic E-state index is 0.115. The summed E-state index contributed by atoms with van der Waals surface area (Å²) < 4.78 is 7.26. The van der Waals surface area contributed by atoms with Crippen molar-refractivity contribution in [2.24, 2.45) is 4.99 Å². The van der Waals surface area contributed by atoms with Crippen molar-refractivity contribution in [3.63, 3.8) is 0 Å². The average Bonchev–Trinajstić information content (AvgIpc) is 2.90. The van der Waals surface area contributed by atoms with Crippen LogP contribution in [-0.4, -0.2) is 22.1 Å². The maximum atomic E-state index is 12.8. The Morgan fingerprint density at radius 3 is 2.65 bits per heavy atom. The molecule has 0 amide bonds. The van der Waals surface area contributed by atoms with Gasteiger partial charge in [0.15, 0.2) is 0 Å². The lowest BCUT2D eigenvalue weighted by Gasteiger charge is -2.15. The number of ether oxygens (including phenoxy) is 1. The highest BCUT2D eigenvalue weighted by Crippen LogP contribution is 2.30. The normalized spacial score (nSPS) is 13.2. The number of hydrogen-bond donors (Lipinski definition) is 1. The van der Waals surface area contributed by atoms with Crippen molar-refractivity contribution in [2.75, 3.05) is 6.61 Å². The number of fused-ring (bicyclic) bond motifs is 1. The molecule has 1 aliphatic heterocycles. The fourth-order valence-corrected chi connectivity index (χ4v) is 2.77. The van der Waals surface area contributed by atoms with E-state index in [0.717, 1.165) is 22.8 Å². The van der Waals surface area contributed by atoms with E-state index < -0.39 is 0 Å². The van der Waals surface area contributed by atoms with Crippen molar-refractivity contribution in [2.45, 2.75) is 6.92 Å². The summed E-state index contributed by atoms with van der Waals surface area (Å²) in [6, 6.07) is 17.1. The number of aryl methyl sites for hydroxylation is 1. The van der Waals surface area contributed by atoms with Crippen LogP contribution in [0.2, 0.25) is 0 Å². The third kappa shape index (κ3) is 2.26. The van der Waals surface area contributed by atoms with E-state index >= 15 is 0 Å². The number of nitrogens with one attached hydrogen (secondary N) is 1. The van der Waals surface area contributed by atoms with E-state index in [9.17, 15) is 4.79 Å². The van der Waals surface area contributed by atoms with Gasteiger partial charge in [0, 0.05) is 5.69 Å². The van der Waals surface area contributed by atoms with Crippen LogP contribution < -0.4 is 10.3 Å². The van der Waals surface area contributed by atoms with Gasteiger partial charge in [0.2, 0.25) is 0 Å². The first kappa shape index (κ1) is 13.6. The molecule has 0 saturated carbocycles. The summed E-state index contributed by atoms with van der Waals surface area (Å²) >= 11 is 0. The summed E-state index contributed by atoms with van der Waals surface area (Å²) in [6.45, 7) is 2.17. The first-order valence-corrected chi connectivity index (χ1v) is 7.41. The highest BCUT2D eigenvalue weighted by Gasteiger charge is 2.21. The third-order valence-corrected chi connectivity index (χ3v) is 3.86. The molecule has 5 nitrogen and oxygen atoms in total. The van der Waals surface area contributed by atoms with Crippen LogP contribution in [-0.2, 0) is 0 Å². The van der Waals surface area contributed by atoms with Crippen molar-refractivity contribution in [1.82, 2.24) is 9.78 Å². The first-order valence-electron chi connectivity index (χ1n) is 7.41. The lowest BCUT2D eigenvalue weighted by molar-refractivity contribution is 0.373. The van der Waals surface area contributed by atoms with E-state index in [1.807, 2.05) is 61.5 Å². The molecule has 1 aliphatic rings. The Hall–Kier alpha value is -3.08. The Morgan fingerprint density at radius 2 is 1.83 bits per heavy atom. The number of hydrogen-bond acceptors (Lipinski definition) is 3. The smallest absolute Gasteiger partial charge is 0.280 e. The third-order valence-electron chi connectivity index (χ3n) is 3.86. The number of rotatable bonds is 2. The number of aliphatic imine (C=N–C) groups is 1. The fourth-order valence-electron chi connectivity index (χ4n) is 2.77. The Balaban J connectivity index is 1.84. The molecule has 2 aromatic carbocycles. The van der Waals surface area contributed by atoms with Crippen LogP contribution in [0.5, 0.6) is 5.75 Å². The zero-order valence-electron chi connectivity index (χ0n) is 12.6. The molecule has 114 valence electrons. The molecule has 0 fully saturated rings. The highest BCUT2D eigenvalue weighted by molar-refractivity contribution is 6.05. The molecule has 4 rings (SSSR count). The van der Waals surface area contributed by atoms with Crippen molar-refractivity contribution < 1.29 is 4.74 Å². The molecule has 0 saturated heterocycles. The molecule has 2 heterocycles. The van der Waals surface area contributed by atoms with E-state index in [-0.39, 0.29) is 5.56 Å². The maximum Gasteiger partial charge on any atom is 0.280 e. The molecule has 3 aromatic rings. The summed E-state index contributed by atoms with van der Waals surface area (Å²) in [5, 5.41) is 3.12. The van der Waals surface area contributed by atoms with Gasteiger partial charge in [-0.25, -0.2) is 9.67 Å². The lowest BCUT2D eigenvalue weighted by Crippen LogP contribution is -2.25. The Labute approximate surface area is 132 Å². The minimum atomic E-state index is -0.115. The van der Waals surface area contributed by atoms with E-state index in [0.29, 0.717) is 17.9 Å². The van der Waals surface area contributed by atoms with Crippen LogP contribution in [0, 0.1) is 6.92 Å². The standard InChI is InChI=1S/C18H15N3O2/c1-12-17(15-11-23-16-10-6-5-9-14(16)19-15)18(22)21(20-12)13-7-3-2-4-8-13/h2-10,20H,11H2,1H3. The topological polar surface area (TPSA) is 59.4 Å². The van der Waals surface area contributed by atoms with Crippen molar-refractivity contribution in [3.8, 4) is 11.4 Å². The van der Waals surface area contributed by atoms with Gasteiger partial charge < -0.3 is 4.74 Å². The molecule has 0 radical (unpaired) electrons. The molecular formula is C18H15N3O2. The van der Waals surface area contributed by atoms with Gasteiger partial charge in [0.25, 0.3) is 5.56 Å². The van der Waals surface area contributed by atoms with Gasteiger partial charge >= 0.3 is 0 Å². The second-order valence-corrected chi connectivity index (χ2v) is 5.40. The Kier molecular flexibility index (Phi) is 3.12. The summed E-state index contributed by atoms with van der Waals surface area (Å²) in [5.41, 5.74) is 3.43. The molecule has 0 unspecified atom stereocenters. The zero-order chi connectivity index (χ0) is 15.8. The van der Waals surface area contributed by atoms with Gasteiger partial charge in [-0.3, -0.25) is 9.89 Å². The monoisotopic (exact) mass is 305 g/mol. The number of nitrogens with zero attached hydrogens (tertiary/aromatic N) is 2. The summed E-state index contributed by atoms with van der Waals surface area (Å²) in [5.74, 6) is 0.743. The number of aromatic amines is 1. The lowest BCUT2D eigenvalue weighted by atomic mass is 10.1. The Bertz CT molecular complexity index is 952. The summed E-state index contributed by atoms with van der Waals surface area (Å²) in [4.78, 5) is 17.4. The van der Waals surface area contributed by atoms with Crippen molar-refractivity contribution >= 4 is 11.4 Å². The van der Waals surface area contributed by atoms with Crippen molar-refractivity contribution in [1.29, 1.82) is 0 Å². The predicted molar refractivity (Wildman–Crippen MR) is 89.3 cm³/mol. The van der Waals surface area contributed by atoms with E-state index in [2.05, 4.69) is 10.1 Å². The van der Waals surface area contributed by atoms with Gasteiger partial charge in [-0.1, -0.05) is 30.3 Å². The van der Waals surface area contributed by atoms with E-state index in [1.165, 1.54) is 4.68 Å². The second-order valence-electron chi connectivity index (χ2n) is 5.40. The van der Waals surface area contributed by atoms with Gasteiger partial charge in [0.1, 0.15) is 18.0 Å². The Morgan fingerprint density at radius 1 is 1.09 bits per heavy atom. The molecule has 1 N–H and O–H groups in total. The summed E-state index contributed by atoms with van der Waals surface area (Å²) in [7, 11) is 0. The molecule has 23 heavy (non-hydrogen) atoms. The SMILES string of the molecule is Cc1[nH]n(-c2ccccc2)c(=O)c1C1=Nc2ccccc2OC1. The fraction of sp³-hybridized carbons (Fsp3) is 0.111. The first-order chi connectivity index (χ1) is 11.2. The average molecular weight is 305 g/mol. The molecule has 5 heteroatoms. The molecule has 0 aliphatic carbocycles. The van der Waals surface area contributed by atoms with Gasteiger partial charge in [0.05, 0.1) is 17.0 Å². The van der Waals surface area contributed by atoms with Crippen LogP contribution in [0.1, 0.15) is 11.3 Å². The largest absolute Gasteiger partial charge is 0.485 e. The van der Waals surface area contributed by atoms with Crippen LogP contribution in [0.3, 0.4) is 0 Å². The zero-order valence-corrected chi connectivity index (χ0v) is 12.6. The van der Waals surface area contributed by atoms with E-state index in [4.69, 9.17) is 4.74 Å². The molecule has 0 atom stereocenters. The molecular weight excluding hydrogens is 290 g/mol. The van der Waals surface area contributed by atoms with Crippen LogP contribution in [0.4, 0.5) is 5.69 Å². The van der Waals surface area contributed by atoms with Gasteiger partial charge in [-0.2, -0.15) is 0 Å². The second kappa shape index (κ2) is 5.28. The number of H-pyrrole nitrogens is 1. The number of para-hydroxylation sites is 3. The quantitative estimate of drug-likeness (QED) is 0.791. The van der Waals surface area contributed by atoms with Crippen LogP contribution in [0.25, 0.3) is 5.69 Å². The number of benzene rings is 2. The molecule has 1 aromatic heterocycles. The van der Waals surface area contributed by atoms with Crippen LogP contribution >= 0.6 is 0 Å². The maximum absolute atomic E-state index is 12.8. The minimum Gasteiger partial charge on any atom is -0.485 e. The molecule has 0 bridgehead atoms. The van der Waals surface area contributed by atoms with Gasteiger partial charge in [-0.05, 0) is 31.2 Å². The predicted octanol–water partition coefficient (Wildman–Crippen LogP) is 2.99.